The Labute approximate surface area is 87.3 Å². The monoisotopic (exact) mass is 214 g/mol. The van der Waals surface area contributed by atoms with Gasteiger partial charge < -0.3 is 9.84 Å². The number of halogens is 1. The van der Waals surface area contributed by atoms with E-state index < -0.39 is 5.97 Å². The van der Waals surface area contributed by atoms with Crippen molar-refractivity contribution in [2.75, 3.05) is 7.11 Å². The van der Waals surface area contributed by atoms with E-state index in [4.69, 9.17) is 21.4 Å². The van der Waals surface area contributed by atoms with Crippen LogP contribution < -0.4 is 0 Å². The minimum absolute atomic E-state index is 0.0285. The zero-order valence-corrected chi connectivity index (χ0v) is 8.54. The molecule has 0 saturated heterocycles. The van der Waals surface area contributed by atoms with Crippen LogP contribution in [-0.4, -0.2) is 18.2 Å². The van der Waals surface area contributed by atoms with Crippen LogP contribution in [0.1, 0.15) is 11.1 Å². The van der Waals surface area contributed by atoms with E-state index in [0.29, 0.717) is 17.2 Å². The number of carboxylic acids is 1. The van der Waals surface area contributed by atoms with Crippen molar-refractivity contribution < 1.29 is 14.6 Å². The summed E-state index contributed by atoms with van der Waals surface area (Å²) < 4.78 is 4.95. The summed E-state index contributed by atoms with van der Waals surface area (Å²) in [5, 5.41) is 9.21. The molecule has 0 heterocycles. The molecule has 1 aromatic carbocycles. The first-order chi connectivity index (χ1) is 6.63. The second-order valence-electron chi connectivity index (χ2n) is 2.92. The van der Waals surface area contributed by atoms with Crippen LogP contribution in [0.5, 0.6) is 0 Å². The third kappa shape index (κ3) is 3.01. The largest absolute Gasteiger partial charge is 0.481 e. The van der Waals surface area contributed by atoms with Crippen LogP contribution in [0.4, 0.5) is 0 Å². The lowest BCUT2D eigenvalue weighted by atomic mass is 10.1. The lowest BCUT2D eigenvalue weighted by molar-refractivity contribution is -0.136. The van der Waals surface area contributed by atoms with Gasteiger partial charge in [-0.3, -0.25) is 4.79 Å². The molecule has 0 saturated carbocycles. The van der Waals surface area contributed by atoms with Crippen LogP contribution in [0.2, 0.25) is 5.02 Å². The summed E-state index contributed by atoms with van der Waals surface area (Å²) in [5.41, 5.74) is 1.56. The molecule has 14 heavy (non-hydrogen) atoms. The Balaban J connectivity index is 2.96. The van der Waals surface area contributed by atoms with Gasteiger partial charge in [-0.05, 0) is 23.3 Å². The Morgan fingerprint density at radius 1 is 1.50 bits per heavy atom. The highest BCUT2D eigenvalue weighted by Crippen LogP contribution is 2.17. The first-order valence-corrected chi connectivity index (χ1v) is 4.49. The third-order valence-corrected chi connectivity index (χ3v) is 2.04. The number of hydrogen-bond acceptors (Lipinski definition) is 2. The van der Waals surface area contributed by atoms with Gasteiger partial charge in [0.2, 0.25) is 0 Å². The van der Waals surface area contributed by atoms with E-state index >= 15 is 0 Å². The molecular weight excluding hydrogens is 204 g/mol. The fraction of sp³-hybridized carbons (Fsp3) is 0.300. The van der Waals surface area contributed by atoms with Gasteiger partial charge in [0.05, 0.1) is 13.0 Å². The number of carbonyl (C=O) groups is 1. The first-order valence-electron chi connectivity index (χ1n) is 4.11. The zero-order chi connectivity index (χ0) is 10.6. The van der Waals surface area contributed by atoms with E-state index in [1.165, 1.54) is 0 Å². The molecule has 76 valence electrons. The van der Waals surface area contributed by atoms with Crippen LogP contribution >= 0.6 is 11.6 Å². The zero-order valence-electron chi connectivity index (χ0n) is 7.79. The van der Waals surface area contributed by atoms with Crippen molar-refractivity contribution in [1.29, 1.82) is 0 Å². The third-order valence-electron chi connectivity index (χ3n) is 1.81. The van der Waals surface area contributed by atoms with E-state index in [2.05, 4.69) is 0 Å². The average molecular weight is 215 g/mol. The number of carboxylic acid groups (broad SMARTS) is 1. The summed E-state index contributed by atoms with van der Waals surface area (Å²) >= 11 is 5.77. The molecular formula is C10H11ClO3. The molecule has 0 aliphatic rings. The number of ether oxygens (including phenoxy) is 1. The normalized spacial score (nSPS) is 10.1. The summed E-state index contributed by atoms with van der Waals surface area (Å²) in [7, 11) is 1.57. The van der Waals surface area contributed by atoms with E-state index in [-0.39, 0.29) is 6.42 Å². The summed E-state index contributed by atoms with van der Waals surface area (Å²) in [4.78, 5) is 10.6. The lowest BCUT2D eigenvalue weighted by Gasteiger charge is -2.06. The van der Waals surface area contributed by atoms with Crippen molar-refractivity contribution >= 4 is 17.6 Å². The van der Waals surface area contributed by atoms with Crippen molar-refractivity contribution in [3.8, 4) is 0 Å². The average Bonchev–Trinajstić information content (AvgIpc) is 2.09. The summed E-state index contributed by atoms with van der Waals surface area (Å²) in [6, 6.07) is 5.16. The van der Waals surface area contributed by atoms with Crippen LogP contribution in [0.3, 0.4) is 0 Å². The molecule has 0 aliphatic heterocycles. The molecule has 0 radical (unpaired) electrons. The van der Waals surface area contributed by atoms with Gasteiger partial charge in [0.25, 0.3) is 0 Å². The smallest absolute Gasteiger partial charge is 0.307 e. The lowest BCUT2D eigenvalue weighted by Crippen LogP contribution is -2.04. The predicted octanol–water partition coefficient (Wildman–Crippen LogP) is 2.11. The maximum Gasteiger partial charge on any atom is 0.307 e. The SMILES string of the molecule is COCc1ccc(Cl)cc1CC(=O)O. The fourth-order valence-electron chi connectivity index (χ4n) is 1.22. The summed E-state index contributed by atoms with van der Waals surface area (Å²) in [6.45, 7) is 0.403. The molecule has 0 fully saturated rings. The van der Waals surface area contributed by atoms with Gasteiger partial charge in [0, 0.05) is 12.1 Å². The fourth-order valence-corrected chi connectivity index (χ4v) is 1.41. The first kappa shape index (κ1) is 11.0. The molecule has 1 aromatic rings. The van der Waals surface area contributed by atoms with Gasteiger partial charge >= 0.3 is 5.97 Å². The van der Waals surface area contributed by atoms with Crippen LogP contribution in [0.15, 0.2) is 18.2 Å². The molecule has 0 unspecified atom stereocenters. The summed E-state index contributed by atoms with van der Waals surface area (Å²) in [6.07, 6.45) is -0.0285. The molecule has 4 heteroatoms. The van der Waals surface area contributed by atoms with Gasteiger partial charge in [0.1, 0.15) is 0 Å². The Morgan fingerprint density at radius 3 is 2.79 bits per heavy atom. The van der Waals surface area contributed by atoms with Crippen LogP contribution in [0.25, 0.3) is 0 Å². The molecule has 0 spiro atoms. The number of rotatable bonds is 4. The van der Waals surface area contributed by atoms with Crippen molar-refractivity contribution in [2.24, 2.45) is 0 Å². The van der Waals surface area contributed by atoms with Gasteiger partial charge in [-0.2, -0.15) is 0 Å². The van der Waals surface area contributed by atoms with E-state index in [0.717, 1.165) is 5.56 Å². The second kappa shape index (κ2) is 4.98. The number of hydrogen-bond donors (Lipinski definition) is 1. The maximum absolute atomic E-state index is 10.6. The number of aliphatic carboxylic acids is 1. The molecule has 1 N–H and O–H groups in total. The van der Waals surface area contributed by atoms with E-state index in [9.17, 15) is 4.79 Å². The molecule has 0 atom stereocenters. The standard InChI is InChI=1S/C10H11ClO3/c1-14-6-7-2-3-9(11)4-8(7)5-10(12)13/h2-4H,5-6H2,1H3,(H,12,13). The highest BCUT2D eigenvalue weighted by molar-refractivity contribution is 6.30. The van der Waals surface area contributed by atoms with Crippen molar-refractivity contribution in [2.45, 2.75) is 13.0 Å². The van der Waals surface area contributed by atoms with E-state index in [1.54, 1.807) is 25.3 Å². The molecule has 0 bridgehead atoms. The van der Waals surface area contributed by atoms with Crippen molar-refractivity contribution in [3.63, 3.8) is 0 Å². The van der Waals surface area contributed by atoms with Crippen molar-refractivity contribution in [1.82, 2.24) is 0 Å². The minimum Gasteiger partial charge on any atom is -0.481 e. The molecule has 0 aliphatic carbocycles. The summed E-state index contributed by atoms with van der Waals surface area (Å²) in [5.74, 6) is -0.871. The predicted molar refractivity (Wildman–Crippen MR) is 53.5 cm³/mol. The molecule has 3 nitrogen and oxygen atoms in total. The highest BCUT2D eigenvalue weighted by Gasteiger charge is 2.07. The quantitative estimate of drug-likeness (QED) is 0.835. The van der Waals surface area contributed by atoms with Crippen molar-refractivity contribution in [3.05, 3.63) is 34.3 Å². The van der Waals surface area contributed by atoms with Gasteiger partial charge in [-0.1, -0.05) is 17.7 Å². The van der Waals surface area contributed by atoms with Crippen LogP contribution in [0, 0.1) is 0 Å². The second-order valence-corrected chi connectivity index (χ2v) is 3.35. The molecule has 0 aromatic heterocycles. The van der Waals surface area contributed by atoms with Crippen LogP contribution in [-0.2, 0) is 22.6 Å². The van der Waals surface area contributed by atoms with Gasteiger partial charge in [-0.15, -0.1) is 0 Å². The Bertz CT molecular complexity index is 336. The molecule has 0 amide bonds. The Kier molecular flexibility index (Phi) is 3.92. The topological polar surface area (TPSA) is 46.5 Å². The van der Waals surface area contributed by atoms with Gasteiger partial charge in [-0.25, -0.2) is 0 Å². The van der Waals surface area contributed by atoms with Gasteiger partial charge in [0.15, 0.2) is 0 Å². The molecule has 1 rings (SSSR count). The Hall–Kier alpha value is -1.06. The van der Waals surface area contributed by atoms with E-state index in [1.807, 2.05) is 0 Å². The highest BCUT2D eigenvalue weighted by atomic mass is 35.5. The minimum atomic E-state index is -0.871. The number of benzene rings is 1. The Morgan fingerprint density at radius 2 is 2.21 bits per heavy atom. The maximum atomic E-state index is 10.6. The number of methoxy groups -OCH3 is 1.